The molecule has 0 aliphatic heterocycles. The molecule has 0 fully saturated rings. The van der Waals surface area contributed by atoms with Crippen molar-refractivity contribution in [1.29, 1.82) is 0 Å². The lowest BCUT2D eigenvalue weighted by molar-refractivity contribution is 0.0995. The normalized spacial score (nSPS) is 10.6. The van der Waals surface area contributed by atoms with Crippen molar-refractivity contribution in [3.8, 4) is 16.9 Å². The van der Waals surface area contributed by atoms with E-state index in [4.69, 9.17) is 5.73 Å². The van der Waals surface area contributed by atoms with Crippen LogP contribution in [-0.2, 0) is 0 Å². The van der Waals surface area contributed by atoms with Gasteiger partial charge in [0.05, 0.1) is 17.1 Å². The molecule has 5 nitrogen and oxygen atoms in total. The Morgan fingerprint density at radius 2 is 1.91 bits per heavy atom. The molecule has 0 spiro atoms. The monoisotopic (exact) mass is 296 g/mol. The average molecular weight is 296 g/mol. The van der Waals surface area contributed by atoms with Crippen molar-refractivity contribution in [1.82, 2.24) is 14.8 Å². The number of primary amides is 1. The number of aromatic nitrogens is 3. The van der Waals surface area contributed by atoms with Gasteiger partial charge in [-0.15, -0.1) is 0 Å². The molecule has 6 heteroatoms. The molecule has 0 unspecified atom stereocenters. The predicted molar refractivity (Wildman–Crippen MR) is 80.0 cm³/mol. The summed E-state index contributed by atoms with van der Waals surface area (Å²) >= 11 is 0. The van der Waals surface area contributed by atoms with E-state index < -0.39 is 5.91 Å². The first-order valence-corrected chi connectivity index (χ1v) is 6.63. The molecule has 22 heavy (non-hydrogen) atoms. The number of hydrogen-bond donors (Lipinski definition) is 1. The summed E-state index contributed by atoms with van der Waals surface area (Å²) in [5, 5.41) is 4.42. The van der Waals surface area contributed by atoms with Gasteiger partial charge in [0, 0.05) is 11.8 Å². The number of pyridine rings is 1. The fourth-order valence-electron chi connectivity index (χ4n) is 2.21. The van der Waals surface area contributed by atoms with Crippen LogP contribution in [0.1, 0.15) is 16.2 Å². The molecule has 0 bridgehead atoms. The maximum Gasteiger partial charge on any atom is 0.267 e. The molecule has 0 saturated carbocycles. The number of halogens is 1. The summed E-state index contributed by atoms with van der Waals surface area (Å²) in [6, 6.07) is 11.3. The number of carbonyl (C=O) groups excluding carboxylic acids is 1. The second kappa shape index (κ2) is 5.40. The van der Waals surface area contributed by atoms with Gasteiger partial charge in [-0.3, -0.25) is 9.78 Å². The van der Waals surface area contributed by atoms with Gasteiger partial charge in [-0.05, 0) is 49.4 Å². The third-order valence-electron chi connectivity index (χ3n) is 3.21. The Labute approximate surface area is 126 Å². The van der Waals surface area contributed by atoms with Crippen LogP contribution >= 0.6 is 0 Å². The van der Waals surface area contributed by atoms with Crippen molar-refractivity contribution >= 4 is 5.91 Å². The van der Waals surface area contributed by atoms with E-state index in [1.54, 1.807) is 28.9 Å². The topological polar surface area (TPSA) is 73.8 Å². The van der Waals surface area contributed by atoms with E-state index in [1.165, 1.54) is 18.3 Å². The zero-order chi connectivity index (χ0) is 15.7. The van der Waals surface area contributed by atoms with E-state index >= 15 is 0 Å². The van der Waals surface area contributed by atoms with Crippen LogP contribution in [0, 0.1) is 12.7 Å². The van der Waals surface area contributed by atoms with Crippen LogP contribution in [0.5, 0.6) is 0 Å². The number of rotatable bonds is 3. The van der Waals surface area contributed by atoms with Crippen LogP contribution in [0.15, 0.2) is 48.7 Å². The van der Waals surface area contributed by atoms with Gasteiger partial charge in [-0.25, -0.2) is 9.07 Å². The summed E-state index contributed by atoms with van der Waals surface area (Å²) in [4.78, 5) is 15.2. The summed E-state index contributed by atoms with van der Waals surface area (Å²) in [6.07, 6.45) is 1.52. The zero-order valence-electron chi connectivity index (χ0n) is 11.8. The number of carbonyl (C=O) groups is 1. The van der Waals surface area contributed by atoms with Crippen molar-refractivity contribution in [2.45, 2.75) is 6.92 Å². The van der Waals surface area contributed by atoms with Gasteiger partial charge >= 0.3 is 0 Å². The Hall–Kier alpha value is -3.02. The molecular formula is C16H13FN4O. The Bertz CT molecular complexity index is 840. The van der Waals surface area contributed by atoms with Gasteiger partial charge in [0.15, 0.2) is 0 Å². The molecular weight excluding hydrogens is 283 g/mol. The second-order valence-corrected chi connectivity index (χ2v) is 4.85. The molecule has 3 rings (SSSR count). The minimum Gasteiger partial charge on any atom is -0.364 e. The van der Waals surface area contributed by atoms with E-state index in [2.05, 4.69) is 10.1 Å². The van der Waals surface area contributed by atoms with Gasteiger partial charge in [0.25, 0.3) is 5.91 Å². The molecule has 0 saturated heterocycles. The summed E-state index contributed by atoms with van der Waals surface area (Å²) in [5.74, 6) is -0.902. The highest BCUT2D eigenvalue weighted by molar-refractivity contribution is 5.91. The first kappa shape index (κ1) is 13.9. The quantitative estimate of drug-likeness (QED) is 0.807. The maximum atomic E-state index is 13.1. The minimum absolute atomic E-state index is 0.182. The molecule has 1 aromatic carbocycles. The highest BCUT2D eigenvalue weighted by atomic mass is 19.1. The summed E-state index contributed by atoms with van der Waals surface area (Å²) in [6.45, 7) is 1.86. The Morgan fingerprint density at radius 1 is 1.18 bits per heavy atom. The minimum atomic E-state index is -0.591. The third-order valence-corrected chi connectivity index (χ3v) is 3.21. The van der Waals surface area contributed by atoms with Gasteiger partial charge in [0.2, 0.25) is 0 Å². The van der Waals surface area contributed by atoms with E-state index in [9.17, 15) is 9.18 Å². The van der Waals surface area contributed by atoms with E-state index in [1.807, 2.05) is 13.0 Å². The van der Waals surface area contributed by atoms with Crippen LogP contribution in [0.25, 0.3) is 16.9 Å². The van der Waals surface area contributed by atoms with Crippen molar-refractivity contribution in [3.05, 3.63) is 65.9 Å². The lowest BCUT2D eigenvalue weighted by Gasteiger charge is -2.08. The van der Waals surface area contributed by atoms with Gasteiger partial charge in [-0.2, -0.15) is 5.10 Å². The van der Waals surface area contributed by atoms with Crippen molar-refractivity contribution in [2.75, 3.05) is 0 Å². The Morgan fingerprint density at radius 3 is 2.59 bits per heavy atom. The molecule has 110 valence electrons. The van der Waals surface area contributed by atoms with Crippen LogP contribution in [0.3, 0.4) is 0 Å². The number of hydrogen-bond acceptors (Lipinski definition) is 3. The highest BCUT2D eigenvalue weighted by Crippen LogP contribution is 2.24. The molecule has 3 aromatic rings. The van der Waals surface area contributed by atoms with E-state index in [-0.39, 0.29) is 11.5 Å². The fraction of sp³-hybridized carbons (Fsp3) is 0.0625. The smallest absolute Gasteiger partial charge is 0.267 e. The first-order chi connectivity index (χ1) is 10.5. The number of nitrogens with two attached hydrogens (primary N) is 1. The maximum absolute atomic E-state index is 13.1. The Balaban J connectivity index is 2.14. The molecule has 0 atom stereocenters. The van der Waals surface area contributed by atoms with E-state index in [0.29, 0.717) is 0 Å². The average Bonchev–Trinajstić information content (AvgIpc) is 2.90. The molecule has 0 aliphatic rings. The first-order valence-electron chi connectivity index (χ1n) is 6.63. The molecule has 0 aliphatic carbocycles. The zero-order valence-corrected chi connectivity index (χ0v) is 11.8. The second-order valence-electron chi connectivity index (χ2n) is 4.85. The highest BCUT2D eigenvalue weighted by Gasteiger charge is 2.12. The number of amides is 1. The SMILES string of the molecule is Cc1cc(-c2ccnc(C(N)=O)c2)n(-c2ccc(F)cc2)n1. The third kappa shape index (κ3) is 2.58. The van der Waals surface area contributed by atoms with Crippen LogP contribution in [0.2, 0.25) is 0 Å². The molecule has 2 heterocycles. The fourth-order valence-corrected chi connectivity index (χ4v) is 2.21. The molecule has 1 amide bonds. The molecule has 2 N–H and O–H groups in total. The number of nitrogens with zero attached hydrogens (tertiary/aromatic N) is 3. The standard InChI is InChI=1S/C16H13FN4O/c1-10-8-15(11-6-7-19-14(9-11)16(18)22)21(20-10)13-4-2-12(17)3-5-13/h2-9H,1H3,(H2,18,22). The van der Waals surface area contributed by atoms with Crippen LogP contribution < -0.4 is 5.73 Å². The van der Waals surface area contributed by atoms with E-state index in [0.717, 1.165) is 22.6 Å². The predicted octanol–water partition coefficient (Wildman–Crippen LogP) is 2.48. The van der Waals surface area contributed by atoms with Gasteiger partial charge < -0.3 is 5.73 Å². The van der Waals surface area contributed by atoms with Crippen molar-refractivity contribution < 1.29 is 9.18 Å². The lowest BCUT2D eigenvalue weighted by Crippen LogP contribution is -2.13. The molecule has 0 radical (unpaired) electrons. The lowest BCUT2D eigenvalue weighted by atomic mass is 10.1. The molecule has 2 aromatic heterocycles. The van der Waals surface area contributed by atoms with Crippen molar-refractivity contribution in [2.24, 2.45) is 5.73 Å². The van der Waals surface area contributed by atoms with Crippen LogP contribution in [-0.4, -0.2) is 20.7 Å². The van der Waals surface area contributed by atoms with Gasteiger partial charge in [0.1, 0.15) is 11.5 Å². The summed E-state index contributed by atoms with van der Waals surface area (Å²) in [5.41, 5.74) is 8.51. The Kier molecular flexibility index (Phi) is 3.42. The van der Waals surface area contributed by atoms with Crippen LogP contribution in [0.4, 0.5) is 4.39 Å². The number of benzene rings is 1. The van der Waals surface area contributed by atoms with Crippen molar-refractivity contribution in [3.63, 3.8) is 0 Å². The summed E-state index contributed by atoms with van der Waals surface area (Å²) < 4.78 is 14.8. The van der Waals surface area contributed by atoms with Gasteiger partial charge in [-0.1, -0.05) is 0 Å². The summed E-state index contributed by atoms with van der Waals surface area (Å²) in [7, 11) is 0. The number of aryl methyl sites for hydroxylation is 1. The largest absolute Gasteiger partial charge is 0.364 e.